The Morgan fingerprint density at radius 3 is 2.50 bits per heavy atom. The third kappa shape index (κ3) is 2.73. The van der Waals surface area contributed by atoms with E-state index >= 15 is 0 Å². The first kappa shape index (κ1) is 12.0. The van der Waals surface area contributed by atoms with Crippen LogP contribution in [-0.2, 0) is 17.4 Å². The number of amides is 1. The molecule has 0 spiro atoms. The molecule has 1 aromatic carbocycles. The lowest BCUT2D eigenvalue weighted by atomic mass is 10.0. The van der Waals surface area contributed by atoms with Gasteiger partial charge in [0.1, 0.15) is 0 Å². The van der Waals surface area contributed by atoms with Crippen LogP contribution in [0.2, 0.25) is 0 Å². The van der Waals surface area contributed by atoms with E-state index in [-0.39, 0.29) is 12.0 Å². The number of carbonyl (C=O) groups excluding carboxylic acids is 1. The zero-order valence-electron chi connectivity index (χ0n) is 8.01. The summed E-state index contributed by atoms with van der Waals surface area (Å²) in [6.07, 6.45) is -4.90. The van der Waals surface area contributed by atoms with Crippen molar-refractivity contribution in [3.05, 3.63) is 34.9 Å². The SMILES string of the molecule is N#Cc1ccc(CC(N)=O)cc1C(F)(F)F. The van der Waals surface area contributed by atoms with E-state index in [4.69, 9.17) is 11.0 Å². The first-order valence-corrected chi connectivity index (χ1v) is 4.23. The van der Waals surface area contributed by atoms with E-state index < -0.39 is 23.2 Å². The molecule has 0 aliphatic heterocycles. The van der Waals surface area contributed by atoms with Crippen molar-refractivity contribution in [2.75, 3.05) is 0 Å². The molecule has 16 heavy (non-hydrogen) atoms. The average molecular weight is 228 g/mol. The summed E-state index contributed by atoms with van der Waals surface area (Å²) >= 11 is 0. The molecular weight excluding hydrogens is 221 g/mol. The number of primary amides is 1. The standard InChI is InChI=1S/C10H7F3N2O/c11-10(12,13)8-3-6(4-9(15)16)1-2-7(8)5-14/h1-3H,4H2,(H2,15,16). The van der Waals surface area contributed by atoms with Crippen LogP contribution in [0.15, 0.2) is 18.2 Å². The number of hydrogen-bond acceptors (Lipinski definition) is 2. The van der Waals surface area contributed by atoms with Crippen LogP contribution in [0.5, 0.6) is 0 Å². The van der Waals surface area contributed by atoms with Gasteiger partial charge in [0, 0.05) is 0 Å². The zero-order chi connectivity index (χ0) is 12.3. The highest BCUT2D eigenvalue weighted by molar-refractivity contribution is 5.76. The van der Waals surface area contributed by atoms with Crippen molar-refractivity contribution in [2.45, 2.75) is 12.6 Å². The molecule has 0 bridgehead atoms. The fraction of sp³-hybridized carbons (Fsp3) is 0.200. The van der Waals surface area contributed by atoms with E-state index in [0.717, 1.165) is 12.1 Å². The molecule has 1 rings (SSSR count). The van der Waals surface area contributed by atoms with Gasteiger partial charge in [0.05, 0.1) is 23.6 Å². The van der Waals surface area contributed by atoms with Gasteiger partial charge >= 0.3 is 6.18 Å². The number of carbonyl (C=O) groups is 1. The van der Waals surface area contributed by atoms with E-state index in [9.17, 15) is 18.0 Å². The van der Waals surface area contributed by atoms with Gasteiger partial charge in [-0.25, -0.2) is 0 Å². The first-order chi connectivity index (χ1) is 7.34. The van der Waals surface area contributed by atoms with Crippen molar-refractivity contribution >= 4 is 5.91 Å². The highest BCUT2D eigenvalue weighted by atomic mass is 19.4. The number of hydrogen-bond donors (Lipinski definition) is 1. The third-order valence-corrected chi connectivity index (χ3v) is 1.89. The molecule has 0 fully saturated rings. The van der Waals surface area contributed by atoms with Gasteiger partial charge in [-0.2, -0.15) is 18.4 Å². The van der Waals surface area contributed by atoms with Gasteiger partial charge in [0.25, 0.3) is 0 Å². The van der Waals surface area contributed by atoms with Crippen LogP contribution in [0.1, 0.15) is 16.7 Å². The largest absolute Gasteiger partial charge is 0.417 e. The van der Waals surface area contributed by atoms with Crippen LogP contribution in [0.4, 0.5) is 13.2 Å². The van der Waals surface area contributed by atoms with Crippen molar-refractivity contribution in [3.63, 3.8) is 0 Å². The Bertz CT molecular complexity index is 460. The lowest BCUT2D eigenvalue weighted by Gasteiger charge is -2.09. The maximum atomic E-state index is 12.5. The fourth-order valence-electron chi connectivity index (χ4n) is 1.23. The zero-order valence-corrected chi connectivity index (χ0v) is 8.01. The summed E-state index contributed by atoms with van der Waals surface area (Å²) in [6, 6.07) is 4.52. The number of nitrogens with zero attached hydrogens (tertiary/aromatic N) is 1. The van der Waals surface area contributed by atoms with Crippen molar-refractivity contribution in [1.82, 2.24) is 0 Å². The molecule has 0 saturated carbocycles. The summed E-state index contributed by atoms with van der Waals surface area (Å²) in [5.74, 6) is -0.724. The lowest BCUT2D eigenvalue weighted by molar-refractivity contribution is -0.137. The molecule has 2 N–H and O–H groups in total. The lowest BCUT2D eigenvalue weighted by Crippen LogP contribution is -2.15. The number of halogens is 3. The van der Waals surface area contributed by atoms with Crippen LogP contribution < -0.4 is 5.73 Å². The van der Waals surface area contributed by atoms with E-state index in [1.165, 1.54) is 12.1 Å². The van der Waals surface area contributed by atoms with E-state index in [2.05, 4.69) is 0 Å². The van der Waals surface area contributed by atoms with Gasteiger partial charge in [-0.15, -0.1) is 0 Å². The summed E-state index contributed by atoms with van der Waals surface area (Å²) in [6.45, 7) is 0. The molecule has 0 unspecified atom stereocenters. The molecule has 0 aromatic heterocycles. The third-order valence-electron chi connectivity index (χ3n) is 1.89. The number of alkyl halides is 3. The van der Waals surface area contributed by atoms with Crippen molar-refractivity contribution in [1.29, 1.82) is 5.26 Å². The molecule has 1 amide bonds. The Balaban J connectivity index is 3.23. The number of benzene rings is 1. The second-order valence-electron chi connectivity index (χ2n) is 3.13. The number of nitriles is 1. The predicted octanol–water partition coefficient (Wildman–Crippen LogP) is 1.60. The molecule has 0 saturated heterocycles. The first-order valence-electron chi connectivity index (χ1n) is 4.23. The molecular formula is C10H7F3N2O. The minimum absolute atomic E-state index is 0.138. The minimum atomic E-state index is -4.61. The van der Waals surface area contributed by atoms with Gasteiger partial charge < -0.3 is 5.73 Å². The van der Waals surface area contributed by atoms with Gasteiger partial charge in [-0.1, -0.05) is 6.07 Å². The summed E-state index contributed by atoms with van der Waals surface area (Å²) in [7, 11) is 0. The highest BCUT2D eigenvalue weighted by Crippen LogP contribution is 2.32. The summed E-state index contributed by atoms with van der Waals surface area (Å²) in [5, 5.41) is 8.51. The van der Waals surface area contributed by atoms with Gasteiger partial charge in [-0.3, -0.25) is 4.79 Å². The Kier molecular flexibility index (Phi) is 3.18. The maximum Gasteiger partial charge on any atom is 0.417 e. The highest BCUT2D eigenvalue weighted by Gasteiger charge is 2.33. The van der Waals surface area contributed by atoms with Crippen molar-refractivity contribution in [3.8, 4) is 6.07 Å². The van der Waals surface area contributed by atoms with Crippen molar-refractivity contribution < 1.29 is 18.0 Å². The van der Waals surface area contributed by atoms with E-state index in [1.807, 2.05) is 0 Å². The van der Waals surface area contributed by atoms with E-state index in [0.29, 0.717) is 0 Å². The molecule has 0 atom stereocenters. The molecule has 0 aliphatic rings. The summed E-state index contributed by atoms with van der Waals surface area (Å²) in [4.78, 5) is 10.6. The topological polar surface area (TPSA) is 66.9 Å². The molecule has 0 aliphatic carbocycles. The maximum absolute atomic E-state index is 12.5. The second kappa shape index (κ2) is 4.23. The normalized spacial score (nSPS) is 10.9. The Morgan fingerprint density at radius 1 is 1.44 bits per heavy atom. The van der Waals surface area contributed by atoms with Crippen LogP contribution >= 0.6 is 0 Å². The van der Waals surface area contributed by atoms with Gasteiger partial charge in [-0.05, 0) is 17.7 Å². The van der Waals surface area contributed by atoms with Crippen LogP contribution in [0.25, 0.3) is 0 Å². The summed E-state index contributed by atoms with van der Waals surface area (Å²) in [5.41, 5.74) is 3.49. The molecule has 0 radical (unpaired) electrons. The Morgan fingerprint density at radius 2 is 2.06 bits per heavy atom. The van der Waals surface area contributed by atoms with Crippen LogP contribution in [0, 0.1) is 11.3 Å². The number of rotatable bonds is 2. The molecule has 6 heteroatoms. The van der Waals surface area contributed by atoms with Crippen LogP contribution in [0.3, 0.4) is 0 Å². The quantitative estimate of drug-likeness (QED) is 0.835. The smallest absolute Gasteiger partial charge is 0.369 e. The monoisotopic (exact) mass is 228 g/mol. The molecule has 0 heterocycles. The second-order valence-corrected chi connectivity index (χ2v) is 3.13. The van der Waals surface area contributed by atoms with Gasteiger partial charge in [0.15, 0.2) is 0 Å². The fourth-order valence-corrected chi connectivity index (χ4v) is 1.23. The predicted molar refractivity (Wildman–Crippen MR) is 49.1 cm³/mol. The Labute approximate surface area is 89.3 Å². The molecule has 3 nitrogen and oxygen atoms in total. The number of nitrogens with two attached hydrogens (primary N) is 1. The van der Waals surface area contributed by atoms with E-state index in [1.54, 1.807) is 0 Å². The van der Waals surface area contributed by atoms with Crippen molar-refractivity contribution in [2.24, 2.45) is 5.73 Å². The molecule has 1 aromatic rings. The Hall–Kier alpha value is -2.03. The summed E-state index contributed by atoms with van der Waals surface area (Å²) < 4.78 is 37.5. The van der Waals surface area contributed by atoms with Gasteiger partial charge in [0.2, 0.25) is 5.91 Å². The average Bonchev–Trinajstić information content (AvgIpc) is 2.15. The minimum Gasteiger partial charge on any atom is -0.369 e. The van der Waals surface area contributed by atoms with Crippen LogP contribution in [-0.4, -0.2) is 5.91 Å². The molecule has 84 valence electrons.